The molecule has 0 heterocycles. The van der Waals surface area contributed by atoms with Gasteiger partial charge < -0.3 is 4.74 Å². The number of carbonyl (C=O) groups excluding carboxylic acids is 2. The molecular weight excluding hydrogens is 288 g/mol. The van der Waals surface area contributed by atoms with Crippen LogP contribution in [0.15, 0.2) is 66.9 Å². The van der Waals surface area contributed by atoms with Crippen LogP contribution in [0, 0.1) is 0 Å². The van der Waals surface area contributed by atoms with Crippen LogP contribution < -0.4 is 0 Å². The van der Waals surface area contributed by atoms with Gasteiger partial charge in [0.05, 0.1) is 11.7 Å². The van der Waals surface area contributed by atoms with Gasteiger partial charge in [0.1, 0.15) is 0 Å². The molecular formula is C20H20O3. The van der Waals surface area contributed by atoms with Gasteiger partial charge in [-0.05, 0) is 18.9 Å². The molecule has 0 aliphatic carbocycles. The van der Waals surface area contributed by atoms with Gasteiger partial charge >= 0.3 is 5.97 Å². The minimum Gasteiger partial charge on any atom is -0.432 e. The number of ketones is 1. The van der Waals surface area contributed by atoms with Crippen molar-refractivity contribution in [3.8, 4) is 0 Å². The van der Waals surface area contributed by atoms with Crippen LogP contribution in [0.5, 0.6) is 0 Å². The van der Waals surface area contributed by atoms with E-state index in [2.05, 4.69) is 6.58 Å². The van der Waals surface area contributed by atoms with Crippen LogP contribution in [-0.4, -0.2) is 11.8 Å². The number of ether oxygens (including phenoxy) is 1. The first-order valence-corrected chi connectivity index (χ1v) is 7.59. The zero-order valence-corrected chi connectivity index (χ0v) is 13.4. The van der Waals surface area contributed by atoms with Gasteiger partial charge in [-0.25, -0.2) is 0 Å². The number of allylic oxidation sites excluding steroid dienone is 1. The highest BCUT2D eigenvalue weighted by atomic mass is 16.5. The molecule has 23 heavy (non-hydrogen) atoms. The molecule has 118 valence electrons. The fraction of sp³-hybridized carbons (Fsp3) is 0.200. The summed E-state index contributed by atoms with van der Waals surface area (Å²) in [7, 11) is 0. The van der Waals surface area contributed by atoms with E-state index >= 15 is 0 Å². The Labute approximate surface area is 136 Å². The second kappa shape index (κ2) is 7.54. The van der Waals surface area contributed by atoms with Gasteiger partial charge in [-0.3, -0.25) is 9.59 Å². The van der Waals surface area contributed by atoms with E-state index in [0.717, 1.165) is 5.56 Å². The van der Waals surface area contributed by atoms with Crippen molar-refractivity contribution in [3.05, 3.63) is 83.6 Å². The average molecular weight is 308 g/mol. The Morgan fingerprint density at radius 3 is 2.09 bits per heavy atom. The lowest BCUT2D eigenvalue weighted by Crippen LogP contribution is -2.14. The average Bonchev–Trinajstić information content (AvgIpc) is 2.55. The molecule has 0 aromatic heterocycles. The van der Waals surface area contributed by atoms with Crippen LogP contribution in [0.25, 0.3) is 0 Å². The Morgan fingerprint density at radius 1 is 1.00 bits per heavy atom. The van der Waals surface area contributed by atoms with Crippen molar-refractivity contribution in [1.29, 1.82) is 0 Å². The van der Waals surface area contributed by atoms with Gasteiger partial charge in [-0.2, -0.15) is 0 Å². The standard InChI is InChI=1S/C20H20O3/c1-4-18(20(22)23-14(2)3)15-10-12-17(13-11-15)19(21)16-8-6-5-7-9-16/h5-13,18H,2,4H2,1,3H3. The third-order valence-electron chi connectivity index (χ3n) is 3.58. The van der Waals surface area contributed by atoms with Crippen LogP contribution in [0.2, 0.25) is 0 Å². The van der Waals surface area contributed by atoms with E-state index in [1.807, 2.05) is 37.3 Å². The van der Waals surface area contributed by atoms with Gasteiger partial charge in [0.25, 0.3) is 0 Å². The first-order chi connectivity index (χ1) is 11.0. The summed E-state index contributed by atoms with van der Waals surface area (Å²) in [5.74, 6) is -0.325. The molecule has 0 radical (unpaired) electrons. The predicted molar refractivity (Wildman–Crippen MR) is 90.3 cm³/mol. The lowest BCUT2D eigenvalue weighted by Gasteiger charge is -2.14. The minimum atomic E-state index is -0.354. The first kappa shape index (κ1) is 16.7. The van der Waals surface area contributed by atoms with E-state index in [4.69, 9.17) is 4.74 Å². The zero-order valence-electron chi connectivity index (χ0n) is 13.4. The number of hydrogen-bond acceptors (Lipinski definition) is 3. The molecule has 2 aromatic rings. The molecule has 0 amide bonds. The van der Waals surface area contributed by atoms with Crippen LogP contribution in [0.3, 0.4) is 0 Å². The van der Waals surface area contributed by atoms with E-state index in [1.165, 1.54) is 0 Å². The number of carbonyl (C=O) groups is 2. The zero-order chi connectivity index (χ0) is 16.8. The third kappa shape index (κ3) is 4.16. The molecule has 3 heteroatoms. The van der Waals surface area contributed by atoms with Crippen molar-refractivity contribution in [2.45, 2.75) is 26.2 Å². The quantitative estimate of drug-likeness (QED) is 0.449. The number of hydrogen-bond donors (Lipinski definition) is 0. The molecule has 0 N–H and O–H groups in total. The second-order valence-electron chi connectivity index (χ2n) is 5.40. The fourth-order valence-electron chi connectivity index (χ4n) is 2.40. The monoisotopic (exact) mass is 308 g/mol. The number of esters is 1. The van der Waals surface area contributed by atoms with Crippen LogP contribution in [0.4, 0.5) is 0 Å². The molecule has 1 unspecified atom stereocenters. The van der Waals surface area contributed by atoms with Crippen molar-refractivity contribution < 1.29 is 14.3 Å². The lowest BCUT2D eigenvalue weighted by molar-refractivity contribution is -0.141. The Bertz CT molecular complexity index is 699. The summed E-state index contributed by atoms with van der Waals surface area (Å²) in [4.78, 5) is 24.4. The summed E-state index contributed by atoms with van der Waals surface area (Å²) in [5.41, 5.74) is 2.08. The molecule has 2 aromatic carbocycles. The third-order valence-corrected chi connectivity index (χ3v) is 3.58. The Hall–Kier alpha value is -2.68. The SMILES string of the molecule is C=C(C)OC(=O)C(CC)c1ccc(C(=O)c2ccccc2)cc1. The van der Waals surface area contributed by atoms with Gasteiger partial charge in [0.2, 0.25) is 0 Å². The van der Waals surface area contributed by atoms with Crippen LogP contribution in [-0.2, 0) is 9.53 Å². The summed E-state index contributed by atoms with van der Waals surface area (Å²) in [6.07, 6.45) is 0.623. The molecule has 2 rings (SSSR count). The minimum absolute atomic E-state index is 0.0327. The fourth-order valence-corrected chi connectivity index (χ4v) is 2.40. The maximum Gasteiger partial charge on any atom is 0.318 e. The highest BCUT2D eigenvalue weighted by Gasteiger charge is 2.21. The van der Waals surface area contributed by atoms with E-state index < -0.39 is 0 Å². The van der Waals surface area contributed by atoms with Crippen molar-refractivity contribution in [2.24, 2.45) is 0 Å². The predicted octanol–water partition coefficient (Wildman–Crippen LogP) is 4.49. The van der Waals surface area contributed by atoms with E-state index in [0.29, 0.717) is 23.3 Å². The largest absolute Gasteiger partial charge is 0.432 e. The van der Waals surface area contributed by atoms with Crippen molar-refractivity contribution in [2.75, 3.05) is 0 Å². The maximum atomic E-state index is 12.4. The van der Waals surface area contributed by atoms with E-state index in [9.17, 15) is 9.59 Å². The first-order valence-electron chi connectivity index (χ1n) is 7.59. The van der Waals surface area contributed by atoms with E-state index in [-0.39, 0.29) is 17.7 Å². The van der Waals surface area contributed by atoms with Crippen molar-refractivity contribution >= 4 is 11.8 Å². The topological polar surface area (TPSA) is 43.4 Å². The Kier molecular flexibility index (Phi) is 5.47. The number of benzene rings is 2. The molecule has 1 atom stereocenters. The molecule has 0 saturated carbocycles. The molecule has 3 nitrogen and oxygen atoms in total. The Morgan fingerprint density at radius 2 is 1.57 bits per heavy atom. The van der Waals surface area contributed by atoms with Gasteiger partial charge in [0.15, 0.2) is 5.78 Å². The second-order valence-corrected chi connectivity index (χ2v) is 5.40. The highest BCUT2D eigenvalue weighted by molar-refractivity contribution is 6.09. The highest BCUT2D eigenvalue weighted by Crippen LogP contribution is 2.23. The summed E-state index contributed by atoms with van der Waals surface area (Å²) in [5, 5.41) is 0. The summed E-state index contributed by atoms with van der Waals surface area (Å²) >= 11 is 0. The van der Waals surface area contributed by atoms with Gasteiger partial charge in [0, 0.05) is 11.1 Å². The smallest absolute Gasteiger partial charge is 0.318 e. The van der Waals surface area contributed by atoms with Gasteiger partial charge in [-0.1, -0.05) is 68.1 Å². The van der Waals surface area contributed by atoms with Crippen molar-refractivity contribution in [1.82, 2.24) is 0 Å². The van der Waals surface area contributed by atoms with Crippen LogP contribution in [0.1, 0.15) is 47.7 Å². The number of rotatable bonds is 6. The maximum absolute atomic E-state index is 12.4. The summed E-state index contributed by atoms with van der Waals surface area (Å²) in [6, 6.07) is 16.2. The summed E-state index contributed by atoms with van der Waals surface area (Å²) in [6.45, 7) is 7.16. The molecule has 0 fully saturated rings. The van der Waals surface area contributed by atoms with Crippen LogP contribution >= 0.6 is 0 Å². The Balaban J connectivity index is 2.19. The molecule has 0 bridgehead atoms. The lowest BCUT2D eigenvalue weighted by atomic mass is 9.94. The van der Waals surface area contributed by atoms with Gasteiger partial charge in [-0.15, -0.1) is 0 Å². The molecule has 0 saturated heterocycles. The van der Waals surface area contributed by atoms with Crippen molar-refractivity contribution in [3.63, 3.8) is 0 Å². The molecule has 0 aliphatic heterocycles. The normalized spacial score (nSPS) is 11.6. The van der Waals surface area contributed by atoms with E-state index in [1.54, 1.807) is 31.2 Å². The molecule has 0 aliphatic rings. The summed E-state index contributed by atoms with van der Waals surface area (Å²) < 4.78 is 5.10. The molecule has 0 spiro atoms.